The van der Waals surface area contributed by atoms with E-state index in [1.165, 1.54) is 0 Å². The predicted octanol–water partition coefficient (Wildman–Crippen LogP) is 0.105. The molecule has 5 heteroatoms. The molecule has 0 atom stereocenters. The molecule has 0 radical (unpaired) electrons. The third-order valence-corrected chi connectivity index (χ3v) is 2.28. The fraction of sp³-hybridized carbons (Fsp3) is 0.545. The maximum Gasteiger partial charge on any atom is 0.123 e. The van der Waals surface area contributed by atoms with Gasteiger partial charge < -0.3 is 15.6 Å². The Hall–Kier alpha value is -1.17. The molecule has 0 saturated heterocycles. The first kappa shape index (κ1) is 12.9. The molecule has 0 bridgehead atoms. The quantitative estimate of drug-likeness (QED) is 0.689. The van der Waals surface area contributed by atoms with Gasteiger partial charge in [0.05, 0.1) is 13.2 Å². The number of ether oxygens (including phenoxy) is 1. The number of pyridine rings is 1. The molecule has 1 aromatic rings. The number of rotatable bonds is 7. The van der Waals surface area contributed by atoms with Crippen molar-refractivity contribution in [2.75, 3.05) is 39.1 Å². The van der Waals surface area contributed by atoms with Crippen molar-refractivity contribution in [3.05, 3.63) is 23.9 Å². The zero-order chi connectivity index (χ0) is 11.8. The molecule has 0 aliphatic rings. The lowest BCUT2D eigenvalue weighted by atomic mass is 10.2. The van der Waals surface area contributed by atoms with Crippen LogP contribution in [0.25, 0.3) is 0 Å². The van der Waals surface area contributed by atoms with Crippen LogP contribution in [0.3, 0.4) is 0 Å². The molecule has 1 heterocycles. The van der Waals surface area contributed by atoms with E-state index in [2.05, 4.69) is 9.88 Å². The van der Waals surface area contributed by atoms with Gasteiger partial charge in [-0.3, -0.25) is 4.90 Å². The van der Waals surface area contributed by atoms with Crippen LogP contribution in [-0.2, 0) is 11.3 Å². The van der Waals surface area contributed by atoms with Crippen molar-refractivity contribution in [2.45, 2.75) is 6.54 Å². The van der Waals surface area contributed by atoms with Gasteiger partial charge in [-0.2, -0.15) is 0 Å². The van der Waals surface area contributed by atoms with Crippen LogP contribution in [0.15, 0.2) is 18.3 Å². The summed E-state index contributed by atoms with van der Waals surface area (Å²) in [6, 6.07) is 3.72. The number of nitrogen functional groups attached to an aromatic ring is 1. The number of nitrogens with two attached hydrogens (primary N) is 1. The second-order valence-corrected chi connectivity index (χ2v) is 3.58. The standard InChI is InChI=1S/C11H19N3O2/c1-16-7-5-14(4-6-15)9-10-2-3-11(12)13-8-10/h2-3,8,15H,4-7,9H2,1H3,(H2,12,13). The second-order valence-electron chi connectivity index (χ2n) is 3.58. The van der Waals surface area contributed by atoms with Crippen LogP contribution in [0, 0.1) is 0 Å². The summed E-state index contributed by atoms with van der Waals surface area (Å²) in [5, 5.41) is 8.94. The molecule has 90 valence electrons. The number of methoxy groups -OCH3 is 1. The highest BCUT2D eigenvalue weighted by atomic mass is 16.5. The molecule has 0 unspecified atom stereocenters. The van der Waals surface area contributed by atoms with E-state index in [-0.39, 0.29) is 6.61 Å². The Bertz CT molecular complexity index is 290. The normalized spacial score (nSPS) is 10.9. The van der Waals surface area contributed by atoms with E-state index in [9.17, 15) is 0 Å². The highest BCUT2D eigenvalue weighted by molar-refractivity contribution is 5.29. The van der Waals surface area contributed by atoms with E-state index < -0.39 is 0 Å². The molecule has 0 saturated carbocycles. The molecule has 5 nitrogen and oxygen atoms in total. The third-order valence-electron chi connectivity index (χ3n) is 2.28. The van der Waals surface area contributed by atoms with E-state index in [0.29, 0.717) is 19.0 Å². The molecule has 0 aliphatic heterocycles. The van der Waals surface area contributed by atoms with Gasteiger partial charge in [-0.05, 0) is 11.6 Å². The van der Waals surface area contributed by atoms with Crippen LogP contribution in [0.1, 0.15) is 5.56 Å². The molecule has 1 rings (SSSR count). The highest BCUT2D eigenvalue weighted by Gasteiger charge is 2.05. The Morgan fingerprint density at radius 1 is 1.44 bits per heavy atom. The van der Waals surface area contributed by atoms with Crippen molar-refractivity contribution in [3.63, 3.8) is 0 Å². The monoisotopic (exact) mass is 225 g/mol. The Labute approximate surface area is 95.8 Å². The third kappa shape index (κ3) is 4.57. The molecule has 0 aliphatic carbocycles. The number of anilines is 1. The molecule has 0 spiro atoms. The lowest BCUT2D eigenvalue weighted by molar-refractivity contribution is 0.127. The van der Waals surface area contributed by atoms with Gasteiger partial charge in [0, 0.05) is 32.9 Å². The fourth-order valence-electron chi connectivity index (χ4n) is 1.42. The summed E-state index contributed by atoms with van der Waals surface area (Å²) >= 11 is 0. The summed E-state index contributed by atoms with van der Waals surface area (Å²) in [6.07, 6.45) is 1.76. The Morgan fingerprint density at radius 2 is 2.25 bits per heavy atom. The van der Waals surface area contributed by atoms with Crippen molar-refractivity contribution in [1.82, 2.24) is 9.88 Å². The van der Waals surface area contributed by atoms with E-state index in [1.54, 1.807) is 19.4 Å². The van der Waals surface area contributed by atoms with Gasteiger partial charge in [0.1, 0.15) is 5.82 Å². The predicted molar refractivity (Wildman–Crippen MR) is 62.9 cm³/mol. The summed E-state index contributed by atoms with van der Waals surface area (Å²) in [4.78, 5) is 6.14. The van der Waals surface area contributed by atoms with Crippen LogP contribution in [0.2, 0.25) is 0 Å². The Balaban J connectivity index is 2.49. The molecule has 16 heavy (non-hydrogen) atoms. The number of hydrogen-bond acceptors (Lipinski definition) is 5. The van der Waals surface area contributed by atoms with E-state index in [0.717, 1.165) is 18.7 Å². The van der Waals surface area contributed by atoms with Crippen LogP contribution < -0.4 is 5.73 Å². The number of aliphatic hydroxyl groups is 1. The molecule has 1 aromatic heterocycles. The number of hydrogen-bond donors (Lipinski definition) is 2. The SMILES string of the molecule is COCCN(CCO)Cc1ccc(N)nc1. The minimum absolute atomic E-state index is 0.145. The molecule has 0 amide bonds. The maximum absolute atomic E-state index is 8.94. The van der Waals surface area contributed by atoms with Crippen molar-refractivity contribution in [3.8, 4) is 0 Å². The first-order valence-electron chi connectivity index (χ1n) is 5.29. The summed E-state index contributed by atoms with van der Waals surface area (Å²) < 4.78 is 5.02. The van der Waals surface area contributed by atoms with E-state index >= 15 is 0 Å². The summed E-state index contributed by atoms with van der Waals surface area (Å²) in [6.45, 7) is 2.97. The van der Waals surface area contributed by atoms with Gasteiger partial charge in [-0.25, -0.2) is 4.98 Å². The average molecular weight is 225 g/mol. The van der Waals surface area contributed by atoms with Crippen molar-refractivity contribution in [1.29, 1.82) is 0 Å². The van der Waals surface area contributed by atoms with Gasteiger partial charge in [0.2, 0.25) is 0 Å². The van der Waals surface area contributed by atoms with E-state index in [4.69, 9.17) is 15.6 Å². The fourth-order valence-corrected chi connectivity index (χ4v) is 1.42. The highest BCUT2D eigenvalue weighted by Crippen LogP contribution is 2.05. The zero-order valence-corrected chi connectivity index (χ0v) is 9.59. The lowest BCUT2D eigenvalue weighted by Gasteiger charge is -2.20. The minimum atomic E-state index is 0.145. The number of aromatic nitrogens is 1. The van der Waals surface area contributed by atoms with Crippen molar-refractivity contribution in [2.24, 2.45) is 0 Å². The smallest absolute Gasteiger partial charge is 0.123 e. The Morgan fingerprint density at radius 3 is 2.81 bits per heavy atom. The van der Waals surface area contributed by atoms with Crippen LogP contribution in [0.5, 0.6) is 0 Å². The lowest BCUT2D eigenvalue weighted by Crippen LogP contribution is -2.29. The molecule has 0 aromatic carbocycles. The topological polar surface area (TPSA) is 71.6 Å². The summed E-state index contributed by atoms with van der Waals surface area (Å²) in [7, 11) is 1.67. The largest absolute Gasteiger partial charge is 0.395 e. The van der Waals surface area contributed by atoms with Gasteiger partial charge in [-0.1, -0.05) is 6.07 Å². The summed E-state index contributed by atoms with van der Waals surface area (Å²) in [5.41, 5.74) is 6.59. The molecular formula is C11H19N3O2. The van der Waals surface area contributed by atoms with E-state index in [1.807, 2.05) is 6.07 Å². The maximum atomic E-state index is 8.94. The number of aliphatic hydroxyl groups excluding tert-OH is 1. The van der Waals surface area contributed by atoms with Crippen molar-refractivity contribution < 1.29 is 9.84 Å². The average Bonchev–Trinajstić information content (AvgIpc) is 2.29. The van der Waals surface area contributed by atoms with Gasteiger partial charge in [0.15, 0.2) is 0 Å². The molecular weight excluding hydrogens is 206 g/mol. The van der Waals surface area contributed by atoms with Gasteiger partial charge >= 0.3 is 0 Å². The first-order valence-corrected chi connectivity index (χ1v) is 5.29. The first-order chi connectivity index (χ1) is 7.76. The van der Waals surface area contributed by atoms with Crippen LogP contribution in [0.4, 0.5) is 5.82 Å². The summed E-state index contributed by atoms with van der Waals surface area (Å²) in [5.74, 6) is 0.523. The minimum Gasteiger partial charge on any atom is -0.395 e. The Kier molecular flexibility index (Phi) is 5.77. The zero-order valence-electron chi connectivity index (χ0n) is 9.59. The second kappa shape index (κ2) is 7.16. The van der Waals surface area contributed by atoms with Crippen molar-refractivity contribution >= 4 is 5.82 Å². The van der Waals surface area contributed by atoms with Crippen LogP contribution in [-0.4, -0.2) is 48.4 Å². The van der Waals surface area contributed by atoms with Crippen LogP contribution >= 0.6 is 0 Å². The van der Waals surface area contributed by atoms with Gasteiger partial charge in [0.25, 0.3) is 0 Å². The molecule has 3 N–H and O–H groups in total. The van der Waals surface area contributed by atoms with Gasteiger partial charge in [-0.15, -0.1) is 0 Å². The number of nitrogens with zero attached hydrogens (tertiary/aromatic N) is 2. The molecule has 0 fully saturated rings.